The van der Waals surface area contributed by atoms with Crippen molar-refractivity contribution in [1.29, 1.82) is 0 Å². The van der Waals surface area contributed by atoms with Crippen LogP contribution in [0.5, 0.6) is 0 Å². The number of aryl methyl sites for hydroxylation is 3. The summed E-state index contributed by atoms with van der Waals surface area (Å²) in [6, 6.07) is 15.2. The van der Waals surface area contributed by atoms with E-state index in [0.29, 0.717) is 12.6 Å². The van der Waals surface area contributed by atoms with Gasteiger partial charge in [-0.05, 0) is 55.0 Å². The van der Waals surface area contributed by atoms with Crippen LogP contribution in [0.1, 0.15) is 48.6 Å². The van der Waals surface area contributed by atoms with Gasteiger partial charge in [-0.1, -0.05) is 56.3 Å². The fourth-order valence-corrected chi connectivity index (χ4v) is 3.91. The second-order valence-corrected chi connectivity index (χ2v) is 6.87. The monoisotopic (exact) mass is 336 g/mol. The van der Waals surface area contributed by atoms with Gasteiger partial charge in [0.05, 0.1) is 6.54 Å². The van der Waals surface area contributed by atoms with E-state index in [-0.39, 0.29) is 5.91 Å². The molecule has 0 fully saturated rings. The van der Waals surface area contributed by atoms with Gasteiger partial charge in [-0.15, -0.1) is 0 Å². The van der Waals surface area contributed by atoms with Crippen LogP contribution in [0.25, 0.3) is 0 Å². The van der Waals surface area contributed by atoms with Crippen LogP contribution in [0.2, 0.25) is 0 Å². The van der Waals surface area contributed by atoms with Crippen LogP contribution in [0.3, 0.4) is 0 Å². The van der Waals surface area contributed by atoms with Crippen molar-refractivity contribution < 1.29 is 4.79 Å². The Balaban J connectivity index is 1.70. The Hall–Kier alpha value is -2.13. The second-order valence-electron chi connectivity index (χ2n) is 6.87. The molecule has 25 heavy (non-hydrogen) atoms. The number of para-hydroxylation sites is 1. The molecule has 0 saturated heterocycles. The molecule has 3 heteroatoms. The lowest BCUT2D eigenvalue weighted by Crippen LogP contribution is -2.33. The first kappa shape index (κ1) is 17.7. The van der Waals surface area contributed by atoms with E-state index >= 15 is 0 Å². The van der Waals surface area contributed by atoms with Crippen LogP contribution in [0.15, 0.2) is 42.5 Å². The molecule has 1 amide bonds. The number of hydrogen-bond acceptors (Lipinski definition) is 2. The highest BCUT2D eigenvalue weighted by atomic mass is 16.2. The van der Waals surface area contributed by atoms with Gasteiger partial charge in [0, 0.05) is 11.7 Å². The maximum Gasteiger partial charge on any atom is 0.238 e. The molecule has 0 spiro atoms. The van der Waals surface area contributed by atoms with Crippen molar-refractivity contribution in [1.82, 2.24) is 4.90 Å². The highest BCUT2D eigenvalue weighted by Crippen LogP contribution is 2.34. The number of benzene rings is 2. The van der Waals surface area contributed by atoms with Crippen LogP contribution in [-0.2, 0) is 24.1 Å². The second kappa shape index (κ2) is 7.83. The molecule has 1 N–H and O–H groups in total. The molecule has 2 aromatic carbocycles. The Morgan fingerprint density at radius 1 is 1.08 bits per heavy atom. The van der Waals surface area contributed by atoms with Crippen molar-refractivity contribution in [3.05, 3.63) is 64.7 Å². The van der Waals surface area contributed by atoms with E-state index in [1.807, 2.05) is 0 Å². The largest absolute Gasteiger partial charge is 0.324 e. The van der Waals surface area contributed by atoms with Gasteiger partial charge < -0.3 is 5.32 Å². The normalized spacial score (nSPS) is 16.1. The van der Waals surface area contributed by atoms with Gasteiger partial charge in [-0.25, -0.2) is 0 Å². The maximum absolute atomic E-state index is 12.7. The van der Waals surface area contributed by atoms with Gasteiger partial charge in [0.15, 0.2) is 0 Å². The minimum Gasteiger partial charge on any atom is -0.324 e. The summed E-state index contributed by atoms with van der Waals surface area (Å²) < 4.78 is 0. The van der Waals surface area contributed by atoms with Crippen molar-refractivity contribution in [3.63, 3.8) is 0 Å². The molecular formula is C22H28N2O. The summed E-state index contributed by atoms with van der Waals surface area (Å²) in [5, 5.41) is 3.18. The standard InChI is InChI=1S/C22H28N2O/c1-4-16-10-8-11-17(5-2)22(16)23-21(25)15-24(3)20-14-13-18-9-6-7-12-19(18)20/h6-12,20H,4-5,13-15H2,1-3H3,(H,23,25). The number of carbonyl (C=O) groups excluding carboxylic acids is 1. The van der Waals surface area contributed by atoms with E-state index in [9.17, 15) is 4.79 Å². The van der Waals surface area contributed by atoms with Crippen molar-refractivity contribution >= 4 is 11.6 Å². The van der Waals surface area contributed by atoms with Crippen molar-refractivity contribution in [2.45, 2.75) is 45.6 Å². The smallest absolute Gasteiger partial charge is 0.238 e. The topological polar surface area (TPSA) is 32.3 Å². The number of carbonyl (C=O) groups is 1. The molecule has 1 atom stereocenters. The van der Waals surface area contributed by atoms with Crippen LogP contribution in [0.4, 0.5) is 5.69 Å². The minimum atomic E-state index is 0.0717. The van der Waals surface area contributed by atoms with Gasteiger partial charge in [0.1, 0.15) is 0 Å². The van der Waals surface area contributed by atoms with Gasteiger partial charge in [-0.2, -0.15) is 0 Å². The number of rotatable bonds is 6. The molecule has 1 aliphatic carbocycles. The zero-order chi connectivity index (χ0) is 17.8. The Morgan fingerprint density at radius 3 is 2.44 bits per heavy atom. The fourth-order valence-electron chi connectivity index (χ4n) is 3.91. The molecule has 132 valence electrons. The first-order valence-electron chi connectivity index (χ1n) is 9.32. The first-order chi connectivity index (χ1) is 12.1. The Labute approximate surface area is 151 Å². The molecule has 0 aromatic heterocycles. The number of amides is 1. The average molecular weight is 336 g/mol. The van der Waals surface area contributed by atoms with E-state index < -0.39 is 0 Å². The molecule has 2 aromatic rings. The third-order valence-corrected chi connectivity index (χ3v) is 5.29. The average Bonchev–Trinajstić information content (AvgIpc) is 3.06. The molecule has 3 rings (SSSR count). The van der Waals surface area contributed by atoms with E-state index in [0.717, 1.165) is 31.4 Å². The van der Waals surface area contributed by atoms with Gasteiger partial charge >= 0.3 is 0 Å². The predicted molar refractivity (Wildman–Crippen MR) is 104 cm³/mol. The van der Waals surface area contributed by atoms with E-state index in [1.165, 1.54) is 22.3 Å². The number of nitrogens with one attached hydrogen (secondary N) is 1. The molecule has 1 unspecified atom stereocenters. The molecule has 0 saturated carbocycles. The lowest BCUT2D eigenvalue weighted by atomic mass is 10.0. The van der Waals surface area contributed by atoms with Crippen LogP contribution < -0.4 is 5.32 Å². The quantitative estimate of drug-likeness (QED) is 0.849. The van der Waals surface area contributed by atoms with Crippen LogP contribution in [-0.4, -0.2) is 24.4 Å². The molecule has 0 heterocycles. The molecular weight excluding hydrogens is 308 g/mol. The summed E-state index contributed by atoms with van der Waals surface area (Å²) in [4.78, 5) is 14.9. The maximum atomic E-state index is 12.7. The minimum absolute atomic E-state index is 0.0717. The highest BCUT2D eigenvalue weighted by molar-refractivity contribution is 5.93. The van der Waals surface area contributed by atoms with Crippen LogP contribution >= 0.6 is 0 Å². The SMILES string of the molecule is CCc1cccc(CC)c1NC(=O)CN(C)C1CCc2ccccc21. The predicted octanol–water partition coefficient (Wildman–Crippen LogP) is 4.37. The van der Waals surface area contributed by atoms with Crippen LogP contribution in [0, 0.1) is 0 Å². The van der Waals surface area contributed by atoms with Gasteiger partial charge in [0.2, 0.25) is 5.91 Å². The Morgan fingerprint density at radius 2 is 1.76 bits per heavy atom. The third-order valence-electron chi connectivity index (χ3n) is 5.29. The van der Waals surface area contributed by atoms with E-state index in [1.54, 1.807) is 0 Å². The zero-order valence-electron chi connectivity index (χ0n) is 15.5. The summed E-state index contributed by atoms with van der Waals surface area (Å²) in [7, 11) is 2.05. The lowest BCUT2D eigenvalue weighted by Gasteiger charge is -2.25. The van der Waals surface area contributed by atoms with Gasteiger partial charge in [-0.3, -0.25) is 9.69 Å². The fraction of sp³-hybridized carbons (Fsp3) is 0.409. The summed E-state index contributed by atoms with van der Waals surface area (Å²) in [6.45, 7) is 4.68. The summed E-state index contributed by atoms with van der Waals surface area (Å²) >= 11 is 0. The third kappa shape index (κ3) is 3.77. The number of hydrogen-bond donors (Lipinski definition) is 1. The zero-order valence-corrected chi connectivity index (χ0v) is 15.5. The van der Waals surface area contributed by atoms with Crippen molar-refractivity contribution in [2.75, 3.05) is 18.9 Å². The molecule has 0 radical (unpaired) electrons. The van der Waals surface area contributed by atoms with E-state index in [4.69, 9.17) is 0 Å². The molecule has 0 bridgehead atoms. The number of nitrogens with zero attached hydrogens (tertiary/aromatic N) is 1. The molecule has 3 nitrogen and oxygen atoms in total. The van der Waals surface area contributed by atoms with Gasteiger partial charge in [0.25, 0.3) is 0 Å². The number of fused-ring (bicyclic) bond motifs is 1. The summed E-state index contributed by atoms with van der Waals surface area (Å²) in [6.07, 6.45) is 4.05. The van der Waals surface area contributed by atoms with Crippen molar-refractivity contribution in [2.24, 2.45) is 0 Å². The molecule has 0 aliphatic heterocycles. The van der Waals surface area contributed by atoms with E-state index in [2.05, 4.69) is 73.6 Å². The lowest BCUT2D eigenvalue weighted by molar-refractivity contribution is -0.117. The Bertz CT molecular complexity index is 731. The molecule has 1 aliphatic rings. The first-order valence-corrected chi connectivity index (χ1v) is 9.32. The number of likely N-dealkylation sites (N-methyl/N-ethyl adjacent to an activating group) is 1. The number of anilines is 1. The summed E-state index contributed by atoms with van der Waals surface area (Å²) in [5.41, 5.74) is 6.23. The van der Waals surface area contributed by atoms with Crippen molar-refractivity contribution in [3.8, 4) is 0 Å². The highest BCUT2D eigenvalue weighted by Gasteiger charge is 2.26. The summed E-state index contributed by atoms with van der Waals surface area (Å²) in [5.74, 6) is 0.0717. The Kier molecular flexibility index (Phi) is 5.54.